The molecule has 0 saturated carbocycles. The summed E-state index contributed by atoms with van der Waals surface area (Å²) in [4.78, 5) is 0. The van der Waals surface area contributed by atoms with Crippen molar-refractivity contribution in [3.8, 4) is 0 Å². The van der Waals surface area contributed by atoms with Gasteiger partial charge in [0.2, 0.25) is 0 Å². The lowest BCUT2D eigenvalue weighted by Gasteiger charge is -1.98. The molecule has 0 saturated heterocycles. The van der Waals surface area contributed by atoms with Gasteiger partial charge in [-0.25, -0.2) is 0 Å². The molecule has 0 aromatic heterocycles. The van der Waals surface area contributed by atoms with E-state index in [0.29, 0.717) is 0 Å². The molecule has 64 valence electrons. The first-order chi connectivity index (χ1) is 5.83. The molecule has 2 nitrogen and oxygen atoms in total. The van der Waals surface area contributed by atoms with Gasteiger partial charge >= 0.3 is 0 Å². The number of nitrogens with zero attached hydrogens (tertiary/aromatic N) is 1. The topological polar surface area (TPSA) is 24.4 Å². The van der Waals surface area contributed by atoms with Gasteiger partial charge in [0.1, 0.15) is 0 Å². The van der Waals surface area contributed by atoms with E-state index in [1.54, 1.807) is 0 Å². The number of benzene rings is 1. The molecule has 0 atom stereocenters. The summed E-state index contributed by atoms with van der Waals surface area (Å²) in [5.41, 5.74) is 3.92. The highest BCUT2D eigenvalue weighted by Gasteiger charge is 1.88. The van der Waals surface area contributed by atoms with Crippen molar-refractivity contribution in [3.05, 3.63) is 28.7 Å². The standard InChI is InChI=1S/C9H11BrN2/c1-2-6-11-12-9-5-3-4-8(10)7-9/h3-7,12H,2H2,1H3. The molecule has 0 heterocycles. The van der Waals surface area contributed by atoms with Crippen molar-refractivity contribution >= 4 is 27.8 Å². The lowest BCUT2D eigenvalue weighted by molar-refractivity contribution is 1.26. The maximum atomic E-state index is 4.01. The van der Waals surface area contributed by atoms with E-state index >= 15 is 0 Å². The molecule has 1 rings (SSSR count). The van der Waals surface area contributed by atoms with Gasteiger partial charge in [0, 0.05) is 10.7 Å². The van der Waals surface area contributed by atoms with Crippen LogP contribution in [0.25, 0.3) is 0 Å². The summed E-state index contributed by atoms with van der Waals surface area (Å²) in [7, 11) is 0. The number of rotatable bonds is 3. The molecule has 0 spiro atoms. The Hall–Kier alpha value is -0.830. The van der Waals surface area contributed by atoms with E-state index in [1.165, 1.54) is 0 Å². The number of halogens is 1. The predicted molar refractivity (Wildman–Crippen MR) is 56.5 cm³/mol. The normalized spacial score (nSPS) is 10.5. The van der Waals surface area contributed by atoms with Gasteiger partial charge in [0.05, 0.1) is 5.69 Å². The van der Waals surface area contributed by atoms with Crippen molar-refractivity contribution in [1.82, 2.24) is 0 Å². The van der Waals surface area contributed by atoms with E-state index < -0.39 is 0 Å². The molecule has 0 bridgehead atoms. The van der Waals surface area contributed by atoms with Gasteiger partial charge in [-0.1, -0.05) is 28.9 Å². The van der Waals surface area contributed by atoms with Crippen LogP contribution in [0, 0.1) is 0 Å². The van der Waals surface area contributed by atoms with Crippen LogP contribution < -0.4 is 5.43 Å². The molecule has 0 amide bonds. The molecule has 3 heteroatoms. The summed E-state index contributed by atoms with van der Waals surface area (Å²) in [5, 5.41) is 4.01. The minimum absolute atomic E-state index is 0.945. The number of anilines is 1. The molecule has 0 aliphatic carbocycles. The third kappa shape index (κ3) is 3.05. The van der Waals surface area contributed by atoms with Gasteiger partial charge in [0.15, 0.2) is 0 Å². The minimum atomic E-state index is 0.945. The molecular weight excluding hydrogens is 216 g/mol. The van der Waals surface area contributed by atoms with Crippen LogP contribution in [0.4, 0.5) is 5.69 Å². The van der Waals surface area contributed by atoms with Crippen LogP contribution in [0.2, 0.25) is 0 Å². The summed E-state index contributed by atoms with van der Waals surface area (Å²) in [6.45, 7) is 2.05. The molecule has 0 unspecified atom stereocenters. The second-order valence-electron chi connectivity index (χ2n) is 2.34. The van der Waals surface area contributed by atoms with E-state index in [1.807, 2.05) is 37.4 Å². The Morgan fingerprint density at radius 1 is 1.58 bits per heavy atom. The molecule has 12 heavy (non-hydrogen) atoms. The quantitative estimate of drug-likeness (QED) is 0.622. The molecule has 1 aromatic carbocycles. The zero-order valence-electron chi connectivity index (χ0n) is 6.92. The average molecular weight is 227 g/mol. The highest BCUT2D eigenvalue weighted by Crippen LogP contribution is 2.15. The van der Waals surface area contributed by atoms with Crippen LogP contribution >= 0.6 is 15.9 Å². The van der Waals surface area contributed by atoms with Crippen LogP contribution in [-0.2, 0) is 0 Å². The minimum Gasteiger partial charge on any atom is -0.279 e. The SMILES string of the molecule is CCC=NNc1cccc(Br)c1. The lowest BCUT2D eigenvalue weighted by atomic mass is 10.3. The van der Waals surface area contributed by atoms with Crippen LogP contribution in [0.5, 0.6) is 0 Å². The third-order valence-electron chi connectivity index (χ3n) is 1.29. The second kappa shape index (κ2) is 4.93. The lowest BCUT2D eigenvalue weighted by Crippen LogP contribution is -1.87. The van der Waals surface area contributed by atoms with Gasteiger partial charge < -0.3 is 0 Å². The molecule has 1 aromatic rings. The van der Waals surface area contributed by atoms with Crippen molar-refractivity contribution in [1.29, 1.82) is 0 Å². The van der Waals surface area contributed by atoms with Gasteiger partial charge in [0.25, 0.3) is 0 Å². The zero-order valence-corrected chi connectivity index (χ0v) is 8.51. The summed E-state index contributed by atoms with van der Waals surface area (Å²) < 4.78 is 1.05. The van der Waals surface area contributed by atoms with Crippen LogP contribution in [0.1, 0.15) is 13.3 Å². The number of nitrogens with one attached hydrogen (secondary N) is 1. The van der Waals surface area contributed by atoms with E-state index in [9.17, 15) is 0 Å². The highest BCUT2D eigenvalue weighted by atomic mass is 79.9. The van der Waals surface area contributed by atoms with Crippen LogP contribution in [-0.4, -0.2) is 6.21 Å². The predicted octanol–water partition coefficient (Wildman–Crippen LogP) is 3.26. The van der Waals surface area contributed by atoms with Crippen LogP contribution in [0.15, 0.2) is 33.8 Å². The Morgan fingerprint density at radius 3 is 3.08 bits per heavy atom. The molecule has 1 N–H and O–H groups in total. The monoisotopic (exact) mass is 226 g/mol. The zero-order chi connectivity index (χ0) is 8.81. The number of hydrogen-bond donors (Lipinski definition) is 1. The fourth-order valence-electron chi connectivity index (χ4n) is 0.769. The first-order valence-corrected chi connectivity index (χ1v) is 4.65. The van der Waals surface area contributed by atoms with Crippen molar-refractivity contribution in [2.24, 2.45) is 5.10 Å². The van der Waals surface area contributed by atoms with Crippen molar-refractivity contribution in [2.45, 2.75) is 13.3 Å². The van der Waals surface area contributed by atoms with Crippen molar-refractivity contribution in [3.63, 3.8) is 0 Å². The summed E-state index contributed by atoms with van der Waals surface area (Å²) >= 11 is 3.38. The van der Waals surface area contributed by atoms with Gasteiger partial charge in [-0.3, -0.25) is 5.43 Å². The van der Waals surface area contributed by atoms with Crippen molar-refractivity contribution < 1.29 is 0 Å². The Balaban J connectivity index is 2.57. The average Bonchev–Trinajstić information content (AvgIpc) is 2.05. The fourth-order valence-corrected chi connectivity index (χ4v) is 1.17. The molecule has 0 radical (unpaired) electrons. The summed E-state index contributed by atoms with van der Waals surface area (Å²) in [6.07, 6.45) is 2.78. The summed E-state index contributed by atoms with van der Waals surface area (Å²) in [6, 6.07) is 7.90. The smallest absolute Gasteiger partial charge is 0.0572 e. The maximum absolute atomic E-state index is 4.01. The molecule has 0 aliphatic heterocycles. The van der Waals surface area contributed by atoms with Gasteiger partial charge in [-0.2, -0.15) is 5.10 Å². The van der Waals surface area contributed by atoms with E-state index in [2.05, 4.69) is 26.5 Å². The summed E-state index contributed by atoms with van der Waals surface area (Å²) in [5.74, 6) is 0. The van der Waals surface area contributed by atoms with E-state index in [4.69, 9.17) is 0 Å². The molecular formula is C9H11BrN2. The number of hydrazone groups is 1. The second-order valence-corrected chi connectivity index (χ2v) is 3.26. The maximum Gasteiger partial charge on any atom is 0.0572 e. The first-order valence-electron chi connectivity index (χ1n) is 3.86. The Labute approximate surface area is 80.8 Å². The molecule has 0 fully saturated rings. The Bertz CT molecular complexity index is 271. The largest absolute Gasteiger partial charge is 0.279 e. The van der Waals surface area contributed by atoms with Gasteiger partial charge in [-0.15, -0.1) is 0 Å². The third-order valence-corrected chi connectivity index (χ3v) is 1.79. The van der Waals surface area contributed by atoms with Gasteiger partial charge in [-0.05, 0) is 24.6 Å². The van der Waals surface area contributed by atoms with Crippen LogP contribution in [0.3, 0.4) is 0 Å². The first kappa shape index (κ1) is 9.26. The number of hydrogen-bond acceptors (Lipinski definition) is 2. The van der Waals surface area contributed by atoms with E-state index in [-0.39, 0.29) is 0 Å². The Morgan fingerprint density at radius 2 is 2.42 bits per heavy atom. The Kier molecular flexibility index (Phi) is 3.80. The van der Waals surface area contributed by atoms with Crippen molar-refractivity contribution in [2.75, 3.05) is 5.43 Å². The molecule has 0 aliphatic rings. The fraction of sp³-hybridized carbons (Fsp3) is 0.222. The van der Waals surface area contributed by atoms with E-state index in [0.717, 1.165) is 16.6 Å². The highest BCUT2D eigenvalue weighted by molar-refractivity contribution is 9.10.